The molecule has 1 radical (unpaired) electrons. The van der Waals surface area contributed by atoms with E-state index in [-0.39, 0.29) is 11.3 Å². The Balaban J connectivity index is 2.12. The number of fused-ring (bicyclic) bond motifs is 1. The minimum Gasteiger partial charge on any atom is -0.508 e. The van der Waals surface area contributed by atoms with Crippen molar-refractivity contribution in [1.29, 1.82) is 0 Å². The highest BCUT2D eigenvalue weighted by Gasteiger charge is 2.33. The van der Waals surface area contributed by atoms with Gasteiger partial charge in [-0.2, -0.15) is 13.2 Å². The minimum atomic E-state index is -4.51. The molecule has 0 saturated carbocycles. The second-order valence-corrected chi connectivity index (χ2v) is 6.09. The maximum atomic E-state index is 13.5. The molecule has 0 saturated heterocycles. The standard InChI is InChI=1S/C22H13F3NO/c23-22(24,25)19-11-5-10-17-20(15-8-4-9-16(27)12-15)18(13-26-21(17)19)14-6-2-1-3-7-14/h2-13,27H. The number of pyridine rings is 1. The van der Waals surface area contributed by atoms with E-state index >= 15 is 0 Å². The third-order valence-electron chi connectivity index (χ3n) is 4.37. The van der Waals surface area contributed by atoms with E-state index < -0.39 is 11.7 Å². The van der Waals surface area contributed by atoms with Gasteiger partial charge in [-0.05, 0) is 35.4 Å². The van der Waals surface area contributed by atoms with Crippen molar-refractivity contribution in [2.24, 2.45) is 0 Å². The molecule has 3 aromatic carbocycles. The molecule has 1 aromatic heterocycles. The topological polar surface area (TPSA) is 33.1 Å². The quantitative estimate of drug-likeness (QED) is 0.467. The van der Waals surface area contributed by atoms with E-state index in [4.69, 9.17) is 0 Å². The van der Waals surface area contributed by atoms with Gasteiger partial charge in [-0.25, -0.2) is 0 Å². The lowest BCUT2D eigenvalue weighted by Crippen LogP contribution is -2.07. The lowest BCUT2D eigenvalue weighted by atomic mass is 9.91. The molecular weight excluding hydrogens is 351 g/mol. The van der Waals surface area contributed by atoms with Gasteiger partial charge < -0.3 is 5.11 Å². The Morgan fingerprint density at radius 3 is 2.33 bits per heavy atom. The largest absolute Gasteiger partial charge is 0.508 e. The molecule has 0 atom stereocenters. The van der Waals surface area contributed by atoms with Crippen molar-refractivity contribution in [2.45, 2.75) is 6.18 Å². The Morgan fingerprint density at radius 2 is 1.63 bits per heavy atom. The fourth-order valence-electron chi connectivity index (χ4n) is 3.21. The molecule has 5 heteroatoms. The maximum Gasteiger partial charge on any atom is 0.418 e. The second kappa shape index (κ2) is 6.43. The van der Waals surface area contributed by atoms with Crippen LogP contribution in [0.3, 0.4) is 0 Å². The Morgan fingerprint density at radius 1 is 0.889 bits per heavy atom. The van der Waals surface area contributed by atoms with Gasteiger partial charge in [0.15, 0.2) is 0 Å². The summed E-state index contributed by atoms with van der Waals surface area (Å²) in [6.45, 7) is 0. The van der Waals surface area contributed by atoms with Crippen LogP contribution in [0.2, 0.25) is 0 Å². The molecule has 27 heavy (non-hydrogen) atoms. The van der Waals surface area contributed by atoms with E-state index in [1.54, 1.807) is 30.3 Å². The van der Waals surface area contributed by atoms with Gasteiger partial charge in [0.2, 0.25) is 0 Å². The molecule has 0 spiro atoms. The van der Waals surface area contributed by atoms with E-state index in [0.29, 0.717) is 22.1 Å². The number of nitrogens with zero attached hydrogens (tertiary/aromatic N) is 1. The summed E-state index contributed by atoms with van der Waals surface area (Å²) in [5.41, 5.74) is 1.79. The van der Waals surface area contributed by atoms with Gasteiger partial charge in [-0.1, -0.05) is 48.5 Å². The molecule has 0 aliphatic heterocycles. The Bertz CT molecular complexity index is 1120. The van der Waals surface area contributed by atoms with Crippen LogP contribution in [-0.4, -0.2) is 10.1 Å². The summed E-state index contributed by atoms with van der Waals surface area (Å²) in [5, 5.41) is 10.3. The third kappa shape index (κ3) is 3.12. The average molecular weight is 364 g/mol. The van der Waals surface area contributed by atoms with Crippen LogP contribution >= 0.6 is 0 Å². The van der Waals surface area contributed by atoms with Crippen molar-refractivity contribution in [2.75, 3.05) is 0 Å². The van der Waals surface area contributed by atoms with E-state index in [1.165, 1.54) is 24.4 Å². The van der Waals surface area contributed by atoms with Crippen molar-refractivity contribution in [3.05, 3.63) is 84.6 Å². The molecule has 1 heterocycles. The number of rotatable bonds is 2. The number of halogens is 3. The number of alkyl halides is 3. The molecular formula is C22H13F3NO. The van der Waals surface area contributed by atoms with E-state index in [0.717, 1.165) is 11.6 Å². The number of aromatic hydroxyl groups is 1. The number of aromatic nitrogens is 1. The third-order valence-corrected chi connectivity index (χ3v) is 4.37. The first-order chi connectivity index (χ1) is 12.9. The van der Waals surface area contributed by atoms with E-state index in [9.17, 15) is 18.3 Å². The van der Waals surface area contributed by atoms with Crippen LogP contribution in [0.4, 0.5) is 13.2 Å². The number of phenols is 1. The van der Waals surface area contributed by atoms with Crippen molar-refractivity contribution < 1.29 is 18.3 Å². The Hall–Kier alpha value is -3.34. The SMILES string of the molecule is Oc1cccc(-c2c(-c3cc[c]cc3)cnc3c(C(F)(F)F)cccc23)c1. The number of benzene rings is 3. The molecule has 1 N–H and O–H groups in total. The van der Waals surface area contributed by atoms with Crippen molar-refractivity contribution in [1.82, 2.24) is 4.98 Å². The molecule has 4 rings (SSSR count). The molecule has 0 unspecified atom stereocenters. The summed E-state index contributed by atoms with van der Waals surface area (Å²) in [5.74, 6) is 0.0387. The summed E-state index contributed by atoms with van der Waals surface area (Å²) in [6.07, 6.45) is -3.06. The van der Waals surface area contributed by atoms with Gasteiger partial charge in [0.1, 0.15) is 5.75 Å². The van der Waals surface area contributed by atoms with Gasteiger partial charge in [-0.15, -0.1) is 0 Å². The molecule has 0 aliphatic carbocycles. The monoisotopic (exact) mass is 364 g/mol. The fraction of sp³-hybridized carbons (Fsp3) is 0.0455. The summed E-state index contributed by atoms with van der Waals surface area (Å²) in [6, 6.07) is 20.5. The first kappa shape index (κ1) is 17.1. The lowest BCUT2D eigenvalue weighted by molar-refractivity contribution is -0.136. The summed E-state index contributed by atoms with van der Waals surface area (Å²) in [4.78, 5) is 4.14. The zero-order valence-corrected chi connectivity index (χ0v) is 14.0. The van der Waals surface area contributed by atoms with Gasteiger partial charge >= 0.3 is 6.18 Å². The summed E-state index contributed by atoms with van der Waals surface area (Å²) in [7, 11) is 0. The van der Waals surface area contributed by atoms with E-state index in [1.807, 2.05) is 12.1 Å². The van der Waals surface area contributed by atoms with Gasteiger partial charge in [0, 0.05) is 22.7 Å². The minimum absolute atomic E-state index is 0.0387. The van der Waals surface area contributed by atoms with Gasteiger partial charge in [-0.3, -0.25) is 4.98 Å². The zero-order valence-electron chi connectivity index (χ0n) is 14.0. The molecule has 0 fully saturated rings. The van der Waals surface area contributed by atoms with Crippen LogP contribution in [0.15, 0.2) is 72.9 Å². The highest BCUT2D eigenvalue weighted by molar-refractivity contribution is 6.03. The van der Waals surface area contributed by atoms with Crippen LogP contribution in [-0.2, 0) is 6.18 Å². The normalized spacial score (nSPS) is 11.7. The predicted octanol–water partition coefficient (Wildman–Crippen LogP) is 6.09. The van der Waals surface area contributed by atoms with Crippen LogP contribution in [0.5, 0.6) is 5.75 Å². The van der Waals surface area contributed by atoms with Gasteiger partial charge in [0.25, 0.3) is 0 Å². The molecule has 133 valence electrons. The predicted molar refractivity (Wildman–Crippen MR) is 98.1 cm³/mol. The van der Waals surface area contributed by atoms with Crippen molar-refractivity contribution >= 4 is 10.9 Å². The number of phenolic OH excluding ortho intramolecular Hbond substituents is 1. The summed E-state index contributed by atoms with van der Waals surface area (Å²) >= 11 is 0. The highest BCUT2D eigenvalue weighted by Crippen LogP contribution is 2.41. The zero-order chi connectivity index (χ0) is 19.0. The smallest absolute Gasteiger partial charge is 0.418 e. The van der Waals surface area contributed by atoms with Crippen LogP contribution < -0.4 is 0 Å². The summed E-state index contributed by atoms with van der Waals surface area (Å²) < 4.78 is 40.4. The second-order valence-electron chi connectivity index (χ2n) is 6.09. The van der Waals surface area contributed by atoms with E-state index in [2.05, 4.69) is 11.1 Å². The Labute approximate surface area is 153 Å². The molecule has 0 amide bonds. The van der Waals surface area contributed by atoms with Gasteiger partial charge in [0.05, 0.1) is 11.1 Å². The maximum absolute atomic E-state index is 13.5. The number of hydrogen-bond acceptors (Lipinski definition) is 2. The van der Waals surface area contributed by atoms with Crippen molar-refractivity contribution in [3.63, 3.8) is 0 Å². The van der Waals surface area contributed by atoms with Crippen LogP contribution in [0.1, 0.15) is 5.56 Å². The lowest BCUT2D eigenvalue weighted by Gasteiger charge is -2.16. The molecule has 2 nitrogen and oxygen atoms in total. The molecule has 0 aliphatic rings. The van der Waals surface area contributed by atoms with Crippen LogP contribution in [0, 0.1) is 6.07 Å². The first-order valence-corrected chi connectivity index (χ1v) is 8.20. The fourth-order valence-corrected chi connectivity index (χ4v) is 3.21. The first-order valence-electron chi connectivity index (χ1n) is 8.20. The number of hydrogen-bond donors (Lipinski definition) is 1. The molecule has 0 bridgehead atoms. The van der Waals surface area contributed by atoms with Crippen molar-refractivity contribution in [3.8, 4) is 28.0 Å². The molecule has 4 aromatic rings. The average Bonchev–Trinajstić information content (AvgIpc) is 2.66. The number of para-hydroxylation sites is 1. The Kier molecular flexibility index (Phi) is 4.07. The highest BCUT2D eigenvalue weighted by atomic mass is 19.4. The van der Waals surface area contributed by atoms with Crippen LogP contribution in [0.25, 0.3) is 33.2 Å².